The van der Waals surface area contributed by atoms with Gasteiger partial charge in [-0.1, -0.05) is 18.5 Å². The molecule has 2 heterocycles. The molecule has 19 heavy (non-hydrogen) atoms. The maximum absolute atomic E-state index is 6.24. The van der Waals surface area contributed by atoms with Gasteiger partial charge in [-0.05, 0) is 52.8 Å². The molecular formula is C15H24ClNOS. The summed E-state index contributed by atoms with van der Waals surface area (Å²) in [5.74, 6) is 0.456. The Morgan fingerprint density at radius 3 is 2.53 bits per heavy atom. The van der Waals surface area contributed by atoms with Gasteiger partial charge in [0, 0.05) is 16.8 Å². The van der Waals surface area contributed by atoms with Gasteiger partial charge in [0.1, 0.15) is 0 Å². The zero-order valence-electron chi connectivity index (χ0n) is 12.4. The normalized spacial score (nSPS) is 26.5. The molecule has 0 saturated carbocycles. The van der Waals surface area contributed by atoms with E-state index in [1.165, 1.54) is 4.88 Å². The summed E-state index contributed by atoms with van der Waals surface area (Å²) >= 11 is 7.77. The topological polar surface area (TPSA) is 21.3 Å². The summed E-state index contributed by atoms with van der Waals surface area (Å²) in [6.45, 7) is 11.9. The smallest absolute Gasteiger partial charge is 0.0931 e. The number of ether oxygens (including phenoxy) is 1. The van der Waals surface area contributed by atoms with Gasteiger partial charge in [-0.2, -0.15) is 0 Å². The molecule has 2 rings (SSSR count). The first kappa shape index (κ1) is 15.3. The molecule has 108 valence electrons. The summed E-state index contributed by atoms with van der Waals surface area (Å²) < 4.78 is 7.09. The zero-order chi connectivity index (χ0) is 14.3. The molecule has 0 spiro atoms. The summed E-state index contributed by atoms with van der Waals surface area (Å²) in [4.78, 5) is 1.31. The quantitative estimate of drug-likeness (QED) is 0.874. The predicted molar refractivity (Wildman–Crippen MR) is 83.1 cm³/mol. The van der Waals surface area contributed by atoms with Crippen molar-refractivity contribution < 1.29 is 4.74 Å². The van der Waals surface area contributed by atoms with Crippen molar-refractivity contribution in [1.82, 2.24) is 5.32 Å². The highest BCUT2D eigenvalue weighted by Crippen LogP contribution is 2.48. The summed E-state index contributed by atoms with van der Waals surface area (Å²) in [5.41, 5.74) is -0.171. The van der Waals surface area contributed by atoms with E-state index in [0.717, 1.165) is 17.3 Å². The molecule has 4 heteroatoms. The van der Waals surface area contributed by atoms with Gasteiger partial charge < -0.3 is 10.1 Å². The summed E-state index contributed by atoms with van der Waals surface area (Å²) in [6.07, 6.45) is 1.06. The van der Waals surface area contributed by atoms with Crippen molar-refractivity contribution in [3.63, 3.8) is 0 Å². The molecule has 0 amide bonds. The van der Waals surface area contributed by atoms with Crippen LogP contribution in [0.25, 0.3) is 0 Å². The van der Waals surface area contributed by atoms with Crippen molar-refractivity contribution in [2.24, 2.45) is 5.92 Å². The first-order chi connectivity index (χ1) is 8.75. The van der Waals surface area contributed by atoms with Crippen LogP contribution < -0.4 is 5.32 Å². The monoisotopic (exact) mass is 301 g/mol. The molecular weight excluding hydrogens is 278 g/mol. The number of thiophene rings is 1. The van der Waals surface area contributed by atoms with Crippen LogP contribution in [0.5, 0.6) is 0 Å². The molecule has 1 fully saturated rings. The van der Waals surface area contributed by atoms with Gasteiger partial charge in [-0.25, -0.2) is 0 Å². The van der Waals surface area contributed by atoms with Crippen LogP contribution >= 0.6 is 22.9 Å². The molecule has 1 saturated heterocycles. The summed E-state index contributed by atoms with van der Waals surface area (Å²) in [5, 5.41) is 3.62. The van der Waals surface area contributed by atoms with Crippen molar-refractivity contribution in [3.05, 3.63) is 21.3 Å². The Balaban J connectivity index is 2.29. The van der Waals surface area contributed by atoms with Crippen molar-refractivity contribution in [2.75, 3.05) is 6.54 Å². The maximum Gasteiger partial charge on any atom is 0.0931 e. The first-order valence-electron chi connectivity index (χ1n) is 6.94. The van der Waals surface area contributed by atoms with E-state index in [2.05, 4.69) is 46.0 Å². The highest BCUT2D eigenvalue weighted by molar-refractivity contribution is 7.16. The molecule has 1 aromatic rings. The van der Waals surface area contributed by atoms with Gasteiger partial charge in [-0.15, -0.1) is 11.3 Å². The molecule has 0 aromatic carbocycles. The first-order valence-corrected chi connectivity index (χ1v) is 8.13. The number of rotatable bonds is 4. The minimum Gasteiger partial charge on any atom is -0.369 e. The third kappa shape index (κ3) is 3.33. The number of hydrogen-bond donors (Lipinski definition) is 1. The van der Waals surface area contributed by atoms with Crippen molar-refractivity contribution >= 4 is 22.9 Å². The molecule has 2 unspecified atom stereocenters. The van der Waals surface area contributed by atoms with E-state index in [4.69, 9.17) is 16.3 Å². The van der Waals surface area contributed by atoms with E-state index in [1.54, 1.807) is 11.3 Å². The van der Waals surface area contributed by atoms with Gasteiger partial charge >= 0.3 is 0 Å². The predicted octanol–water partition coefficient (Wildman–Crippen LogP) is 4.65. The Labute approximate surface area is 125 Å². The number of nitrogens with one attached hydrogen (secondary N) is 1. The summed E-state index contributed by atoms with van der Waals surface area (Å²) in [6, 6.07) is 4.45. The van der Waals surface area contributed by atoms with Gasteiger partial charge in [0.2, 0.25) is 0 Å². The van der Waals surface area contributed by atoms with E-state index in [0.29, 0.717) is 12.0 Å². The average Bonchev–Trinajstić information content (AvgIpc) is 2.76. The van der Waals surface area contributed by atoms with Gasteiger partial charge in [-0.3, -0.25) is 0 Å². The minimum absolute atomic E-state index is 0.0527. The van der Waals surface area contributed by atoms with Crippen LogP contribution in [0.15, 0.2) is 12.1 Å². The van der Waals surface area contributed by atoms with Gasteiger partial charge in [0.05, 0.1) is 15.5 Å². The van der Waals surface area contributed by atoms with Crippen LogP contribution in [0.1, 0.15) is 52.0 Å². The lowest BCUT2D eigenvalue weighted by Gasteiger charge is -2.33. The molecule has 1 aromatic heterocycles. The van der Waals surface area contributed by atoms with Gasteiger partial charge in [0.15, 0.2) is 0 Å². The Morgan fingerprint density at radius 2 is 2.11 bits per heavy atom. The zero-order valence-corrected chi connectivity index (χ0v) is 14.0. The Kier molecular flexibility index (Phi) is 4.32. The fourth-order valence-corrected chi connectivity index (χ4v) is 4.48. The van der Waals surface area contributed by atoms with Crippen molar-refractivity contribution in [3.8, 4) is 0 Å². The SMILES string of the molecule is CCNC(c1ccc(Cl)s1)C1CC(C)(C)OC1(C)C. The van der Waals surface area contributed by atoms with Crippen LogP contribution in [-0.4, -0.2) is 17.7 Å². The molecule has 0 radical (unpaired) electrons. The lowest BCUT2D eigenvalue weighted by Crippen LogP contribution is -2.38. The maximum atomic E-state index is 6.24. The number of halogens is 1. The third-order valence-electron chi connectivity index (χ3n) is 3.87. The van der Waals surface area contributed by atoms with Crippen molar-refractivity contribution in [1.29, 1.82) is 0 Å². The fraction of sp³-hybridized carbons (Fsp3) is 0.733. The Bertz CT molecular complexity index is 441. The molecule has 1 N–H and O–H groups in total. The molecule has 2 nitrogen and oxygen atoms in total. The van der Waals surface area contributed by atoms with E-state index in [-0.39, 0.29) is 11.2 Å². The van der Waals surface area contributed by atoms with E-state index >= 15 is 0 Å². The van der Waals surface area contributed by atoms with Crippen LogP contribution in [0.2, 0.25) is 4.34 Å². The standard InChI is InChI=1S/C15H24ClNOS/c1-6-17-13(11-7-8-12(16)19-11)10-9-14(2,3)18-15(10,4)5/h7-8,10,13,17H,6,9H2,1-5H3. The molecule has 1 aliphatic heterocycles. The molecule has 0 aliphatic carbocycles. The van der Waals surface area contributed by atoms with Crippen LogP contribution in [0.4, 0.5) is 0 Å². The molecule has 1 aliphatic rings. The van der Waals surface area contributed by atoms with E-state index in [9.17, 15) is 0 Å². The van der Waals surface area contributed by atoms with Crippen LogP contribution in [0, 0.1) is 5.92 Å². The lowest BCUT2D eigenvalue weighted by atomic mass is 9.81. The average molecular weight is 302 g/mol. The Hall–Kier alpha value is -0.0900. The molecule has 2 atom stereocenters. The number of hydrogen-bond acceptors (Lipinski definition) is 3. The lowest BCUT2D eigenvalue weighted by molar-refractivity contribution is -0.0777. The fourth-order valence-electron chi connectivity index (χ4n) is 3.28. The molecule has 0 bridgehead atoms. The Morgan fingerprint density at radius 1 is 1.42 bits per heavy atom. The third-order valence-corrected chi connectivity index (χ3v) is 5.18. The van der Waals surface area contributed by atoms with E-state index < -0.39 is 0 Å². The van der Waals surface area contributed by atoms with Crippen LogP contribution in [-0.2, 0) is 4.74 Å². The van der Waals surface area contributed by atoms with Crippen LogP contribution in [0.3, 0.4) is 0 Å². The second-order valence-electron chi connectivity index (χ2n) is 6.45. The second-order valence-corrected chi connectivity index (χ2v) is 8.20. The minimum atomic E-state index is -0.118. The van der Waals surface area contributed by atoms with Gasteiger partial charge in [0.25, 0.3) is 0 Å². The highest BCUT2D eigenvalue weighted by atomic mass is 35.5. The van der Waals surface area contributed by atoms with E-state index in [1.807, 2.05) is 6.07 Å². The largest absolute Gasteiger partial charge is 0.369 e. The highest BCUT2D eigenvalue weighted by Gasteiger charge is 2.49. The summed E-state index contributed by atoms with van der Waals surface area (Å²) in [7, 11) is 0. The van der Waals surface area contributed by atoms with Crippen molar-refractivity contribution in [2.45, 2.75) is 58.3 Å². The second kappa shape index (κ2) is 5.36.